The molecule has 4 amide bonds. The maximum Gasteiger partial charge on any atom is 0.273 e. The zero-order chi connectivity index (χ0) is 25.8. The number of nitrogens with zero attached hydrogens (tertiary/aromatic N) is 4. The summed E-state index contributed by atoms with van der Waals surface area (Å²) in [6.45, 7) is 4.43. The molecule has 2 aromatic carbocycles. The van der Waals surface area contributed by atoms with Crippen LogP contribution in [0, 0.1) is 12.8 Å². The smallest absolute Gasteiger partial charge is 0.273 e. The SMILES string of the molecule is Cc1ccc2c(c1)C(NC(=O)c1cn(-c3ccc4c(c3)CN(C3CCC(=O)NC3=O)C4=O)nn1)C(C)C2. The highest BCUT2D eigenvalue weighted by Crippen LogP contribution is 2.36. The number of hydrogen-bond acceptors (Lipinski definition) is 6. The summed E-state index contributed by atoms with van der Waals surface area (Å²) in [7, 11) is 0. The number of carbonyl (C=O) groups is 4. The van der Waals surface area contributed by atoms with Crippen molar-refractivity contribution in [1.29, 1.82) is 0 Å². The molecule has 3 unspecified atom stereocenters. The Morgan fingerprint density at radius 3 is 2.76 bits per heavy atom. The first-order valence-corrected chi connectivity index (χ1v) is 12.4. The number of imide groups is 1. The van der Waals surface area contributed by atoms with Gasteiger partial charge >= 0.3 is 0 Å². The molecule has 1 saturated heterocycles. The molecule has 10 heteroatoms. The second-order valence-electron chi connectivity index (χ2n) is 10.1. The van der Waals surface area contributed by atoms with Crippen molar-refractivity contribution < 1.29 is 19.2 Å². The second-order valence-corrected chi connectivity index (χ2v) is 10.1. The molecule has 1 aliphatic carbocycles. The normalized spacial score (nSPS) is 22.6. The predicted octanol–water partition coefficient (Wildman–Crippen LogP) is 2.00. The van der Waals surface area contributed by atoms with Crippen molar-refractivity contribution in [2.24, 2.45) is 5.92 Å². The number of hydrogen-bond donors (Lipinski definition) is 2. The minimum Gasteiger partial charge on any atom is -0.343 e. The zero-order valence-corrected chi connectivity index (χ0v) is 20.5. The topological polar surface area (TPSA) is 126 Å². The number of benzene rings is 2. The fourth-order valence-electron chi connectivity index (χ4n) is 5.59. The third kappa shape index (κ3) is 3.98. The van der Waals surface area contributed by atoms with E-state index in [1.807, 2.05) is 13.0 Å². The highest BCUT2D eigenvalue weighted by molar-refractivity contribution is 6.05. The van der Waals surface area contributed by atoms with E-state index in [0.29, 0.717) is 17.7 Å². The minimum atomic E-state index is -0.672. The summed E-state index contributed by atoms with van der Waals surface area (Å²) < 4.78 is 1.50. The monoisotopic (exact) mass is 498 g/mol. The Labute approximate surface area is 213 Å². The number of nitrogens with one attached hydrogen (secondary N) is 2. The summed E-state index contributed by atoms with van der Waals surface area (Å²) in [4.78, 5) is 51.3. The highest BCUT2D eigenvalue weighted by Gasteiger charge is 2.39. The van der Waals surface area contributed by atoms with Crippen LogP contribution in [0.3, 0.4) is 0 Å². The maximum absolute atomic E-state index is 13.0. The van der Waals surface area contributed by atoms with Crippen molar-refractivity contribution >= 4 is 23.6 Å². The molecule has 6 rings (SSSR count). The zero-order valence-electron chi connectivity index (χ0n) is 20.5. The lowest BCUT2D eigenvalue weighted by molar-refractivity contribution is -0.136. The summed E-state index contributed by atoms with van der Waals surface area (Å²) >= 11 is 0. The molecule has 37 heavy (non-hydrogen) atoms. The van der Waals surface area contributed by atoms with Crippen molar-refractivity contribution in [1.82, 2.24) is 30.5 Å². The molecular weight excluding hydrogens is 472 g/mol. The second kappa shape index (κ2) is 8.65. The van der Waals surface area contributed by atoms with Crippen LogP contribution in [0.5, 0.6) is 0 Å². The Morgan fingerprint density at radius 2 is 1.95 bits per heavy atom. The number of fused-ring (bicyclic) bond motifs is 2. The van der Waals surface area contributed by atoms with Gasteiger partial charge in [-0.25, -0.2) is 4.68 Å². The Hall–Kier alpha value is -4.34. The van der Waals surface area contributed by atoms with Crippen LogP contribution in [-0.2, 0) is 22.6 Å². The first kappa shape index (κ1) is 23.1. The van der Waals surface area contributed by atoms with E-state index in [-0.39, 0.29) is 48.3 Å². The van der Waals surface area contributed by atoms with E-state index in [0.717, 1.165) is 23.1 Å². The number of amides is 4. The van der Waals surface area contributed by atoms with E-state index < -0.39 is 11.9 Å². The van der Waals surface area contributed by atoms with Crippen molar-refractivity contribution in [3.8, 4) is 5.69 Å². The molecule has 0 spiro atoms. The Morgan fingerprint density at radius 1 is 1.11 bits per heavy atom. The third-order valence-electron chi connectivity index (χ3n) is 7.53. The van der Waals surface area contributed by atoms with Crippen molar-refractivity contribution in [2.75, 3.05) is 0 Å². The number of aromatic nitrogens is 3. The minimum absolute atomic E-state index is 0.0863. The van der Waals surface area contributed by atoms with Gasteiger partial charge in [0.15, 0.2) is 5.69 Å². The molecule has 1 aromatic heterocycles. The summed E-state index contributed by atoms with van der Waals surface area (Å²) in [6.07, 6.45) is 3.00. The van der Waals surface area contributed by atoms with Gasteiger partial charge in [-0.1, -0.05) is 35.9 Å². The molecule has 0 saturated carbocycles. The van der Waals surface area contributed by atoms with Gasteiger partial charge in [0.1, 0.15) is 6.04 Å². The van der Waals surface area contributed by atoms with Crippen molar-refractivity contribution in [3.63, 3.8) is 0 Å². The summed E-state index contributed by atoms with van der Waals surface area (Å²) in [6, 6.07) is 10.8. The molecule has 2 N–H and O–H groups in total. The van der Waals surface area contributed by atoms with Gasteiger partial charge in [0, 0.05) is 18.5 Å². The van der Waals surface area contributed by atoms with Gasteiger partial charge in [-0.2, -0.15) is 0 Å². The first-order chi connectivity index (χ1) is 17.8. The molecule has 2 aliphatic heterocycles. The standard InChI is InChI=1S/C27H26N6O4/c1-14-3-4-16-10-15(2)24(20(16)9-14)29-25(35)21-13-33(31-30-21)18-5-6-19-17(11-18)12-32(27(19)37)22-7-8-23(34)28-26(22)36/h3-6,9,11,13,15,22,24H,7-8,10,12H2,1-2H3,(H,29,35)(H,28,34,36). The van der Waals surface area contributed by atoms with E-state index in [4.69, 9.17) is 0 Å². The van der Waals surface area contributed by atoms with Crippen LogP contribution in [0.1, 0.15) is 68.9 Å². The van der Waals surface area contributed by atoms with Crippen LogP contribution in [0.2, 0.25) is 0 Å². The van der Waals surface area contributed by atoms with Crippen LogP contribution in [0.15, 0.2) is 42.6 Å². The van der Waals surface area contributed by atoms with Crippen molar-refractivity contribution in [2.45, 2.75) is 51.7 Å². The average molecular weight is 499 g/mol. The quantitative estimate of drug-likeness (QED) is 0.530. The third-order valence-corrected chi connectivity index (χ3v) is 7.53. The predicted molar refractivity (Wildman–Crippen MR) is 132 cm³/mol. The van der Waals surface area contributed by atoms with E-state index in [1.165, 1.54) is 15.1 Å². The molecule has 3 aliphatic rings. The lowest BCUT2D eigenvalue weighted by Gasteiger charge is -2.29. The van der Waals surface area contributed by atoms with E-state index >= 15 is 0 Å². The van der Waals surface area contributed by atoms with Crippen LogP contribution in [0.4, 0.5) is 0 Å². The van der Waals surface area contributed by atoms with Crippen LogP contribution < -0.4 is 10.6 Å². The molecule has 188 valence electrons. The van der Waals surface area contributed by atoms with Crippen LogP contribution in [-0.4, -0.2) is 49.6 Å². The largest absolute Gasteiger partial charge is 0.343 e. The van der Waals surface area contributed by atoms with Crippen LogP contribution >= 0.6 is 0 Å². The van der Waals surface area contributed by atoms with Gasteiger partial charge in [0.25, 0.3) is 11.8 Å². The van der Waals surface area contributed by atoms with Crippen LogP contribution in [0.25, 0.3) is 5.69 Å². The van der Waals surface area contributed by atoms with Gasteiger partial charge in [0.05, 0.1) is 17.9 Å². The van der Waals surface area contributed by atoms with E-state index in [1.54, 1.807) is 18.3 Å². The maximum atomic E-state index is 13.0. The summed E-state index contributed by atoms with van der Waals surface area (Å²) in [5, 5.41) is 13.7. The number of aryl methyl sites for hydroxylation is 1. The molecule has 3 aromatic rings. The molecule has 10 nitrogen and oxygen atoms in total. The summed E-state index contributed by atoms with van der Waals surface area (Å²) in [5.74, 6) is -1.02. The van der Waals surface area contributed by atoms with Gasteiger partial charge in [-0.05, 0) is 60.6 Å². The Kier molecular flexibility index (Phi) is 5.40. The van der Waals surface area contributed by atoms with Gasteiger partial charge in [-0.3, -0.25) is 24.5 Å². The Bertz CT molecular complexity index is 1480. The average Bonchev–Trinajstić information content (AvgIpc) is 3.56. The Balaban J connectivity index is 1.19. The lowest BCUT2D eigenvalue weighted by atomic mass is 10.0. The molecule has 0 bridgehead atoms. The van der Waals surface area contributed by atoms with Gasteiger partial charge in [0.2, 0.25) is 11.8 Å². The number of piperidine rings is 1. The first-order valence-electron chi connectivity index (χ1n) is 12.4. The number of carbonyl (C=O) groups excluding carboxylic acids is 4. The molecule has 3 atom stereocenters. The lowest BCUT2D eigenvalue weighted by Crippen LogP contribution is -2.52. The molecule has 3 heterocycles. The highest BCUT2D eigenvalue weighted by atomic mass is 16.2. The fourth-order valence-corrected chi connectivity index (χ4v) is 5.59. The molecule has 0 radical (unpaired) electrons. The number of rotatable bonds is 4. The van der Waals surface area contributed by atoms with E-state index in [9.17, 15) is 19.2 Å². The fraction of sp³-hybridized carbons (Fsp3) is 0.333. The molecular formula is C27H26N6O4. The van der Waals surface area contributed by atoms with Gasteiger partial charge < -0.3 is 10.2 Å². The van der Waals surface area contributed by atoms with E-state index in [2.05, 4.69) is 46.1 Å². The van der Waals surface area contributed by atoms with Gasteiger partial charge in [-0.15, -0.1) is 5.10 Å². The summed E-state index contributed by atoms with van der Waals surface area (Å²) in [5.41, 5.74) is 5.68. The molecule has 1 fully saturated rings. The van der Waals surface area contributed by atoms with Crippen molar-refractivity contribution in [3.05, 3.63) is 76.1 Å².